The molecule has 1 aromatic heterocycles. The Morgan fingerprint density at radius 1 is 1.23 bits per heavy atom. The van der Waals surface area contributed by atoms with E-state index in [1.54, 1.807) is 17.0 Å². The summed E-state index contributed by atoms with van der Waals surface area (Å²) in [6.07, 6.45) is 2.93. The average Bonchev–Trinajstić information content (AvgIpc) is 3.20. The Morgan fingerprint density at radius 2 is 2.00 bits per heavy atom. The number of rotatable bonds is 3. The van der Waals surface area contributed by atoms with E-state index in [4.69, 9.17) is 4.42 Å². The number of carbonyl (C=O) groups is 2. The highest BCUT2D eigenvalue weighted by molar-refractivity contribution is 9.10. The minimum atomic E-state index is -0.457. The summed E-state index contributed by atoms with van der Waals surface area (Å²) in [6, 6.07) is 10.2. The number of anilines is 1. The number of carbonyl (C=O) groups excluding carboxylic acids is 2. The number of furan rings is 1. The average molecular weight is 363 g/mol. The van der Waals surface area contributed by atoms with Gasteiger partial charge in [-0.1, -0.05) is 15.9 Å². The molecule has 2 aromatic rings. The van der Waals surface area contributed by atoms with Crippen molar-refractivity contribution in [1.29, 1.82) is 0 Å². The summed E-state index contributed by atoms with van der Waals surface area (Å²) in [5, 5.41) is 2.86. The van der Waals surface area contributed by atoms with Crippen LogP contribution in [-0.4, -0.2) is 29.3 Å². The number of nitrogens with zero attached hydrogens (tertiary/aromatic N) is 1. The highest BCUT2D eigenvalue weighted by Crippen LogP contribution is 2.22. The highest BCUT2D eigenvalue weighted by atomic mass is 79.9. The number of amides is 2. The molecule has 2 heterocycles. The van der Waals surface area contributed by atoms with Crippen molar-refractivity contribution in [3.05, 3.63) is 52.9 Å². The molecule has 0 unspecified atom stereocenters. The van der Waals surface area contributed by atoms with Gasteiger partial charge >= 0.3 is 0 Å². The number of likely N-dealkylation sites (tertiary alicyclic amines) is 1. The predicted octanol–water partition coefficient (Wildman–Crippen LogP) is 3.29. The Morgan fingerprint density at radius 3 is 2.68 bits per heavy atom. The van der Waals surface area contributed by atoms with Crippen molar-refractivity contribution in [2.45, 2.75) is 18.9 Å². The molecule has 0 aliphatic carbocycles. The molecule has 1 aromatic carbocycles. The molecular weight excluding hydrogens is 348 g/mol. The first-order valence-corrected chi connectivity index (χ1v) is 7.85. The topological polar surface area (TPSA) is 62.6 Å². The molecule has 1 atom stereocenters. The van der Waals surface area contributed by atoms with Crippen molar-refractivity contribution in [2.24, 2.45) is 0 Å². The maximum absolute atomic E-state index is 12.4. The molecule has 0 bridgehead atoms. The molecule has 6 heteroatoms. The van der Waals surface area contributed by atoms with Gasteiger partial charge in [-0.15, -0.1) is 0 Å². The number of halogens is 1. The Kier molecular flexibility index (Phi) is 4.29. The van der Waals surface area contributed by atoms with E-state index >= 15 is 0 Å². The van der Waals surface area contributed by atoms with Gasteiger partial charge in [0.2, 0.25) is 5.91 Å². The minimum Gasteiger partial charge on any atom is -0.459 e. The highest BCUT2D eigenvalue weighted by Gasteiger charge is 2.35. The lowest BCUT2D eigenvalue weighted by atomic mass is 10.2. The van der Waals surface area contributed by atoms with Gasteiger partial charge < -0.3 is 14.6 Å². The maximum Gasteiger partial charge on any atom is 0.290 e. The summed E-state index contributed by atoms with van der Waals surface area (Å²) in [5.74, 6) is -0.137. The van der Waals surface area contributed by atoms with Crippen LogP contribution in [0.2, 0.25) is 0 Å². The lowest BCUT2D eigenvalue weighted by molar-refractivity contribution is -0.119. The van der Waals surface area contributed by atoms with E-state index in [1.165, 1.54) is 6.26 Å². The molecule has 0 spiro atoms. The summed E-state index contributed by atoms with van der Waals surface area (Å²) in [7, 11) is 0. The van der Waals surface area contributed by atoms with Crippen molar-refractivity contribution < 1.29 is 14.0 Å². The molecule has 1 aliphatic rings. The van der Waals surface area contributed by atoms with Crippen LogP contribution in [0.15, 0.2) is 51.6 Å². The molecule has 1 N–H and O–H groups in total. The lowest BCUT2D eigenvalue weighted by Gasteiger charge is -2.23. The zero-order chi connectivity index (χ0) is 15.5. The standard InChI is InChI=1S/C16H15BrN2O3/c17-11-5-7-12(8-6-11)18-15(20)13-3-1-9-19(13)16(21)14-4-2-10-22-14/h2,4-8,10,13H,1,3,9H2,(H,18,20)/t13-/m0/s1. The molecule has 1 saturated heterocycles. The SMILES string of the molecule is O=C(Nc1ccc(Br)cc1)[C@@H]1CCCN1C(=O)c1ccco1. The largest absolute Gasteiger partial charge is 0.459 e. The molecule has 2 amide bonds. The first-order chi connectivity index (χ1) is 10.6. The summed E-state index contributed by atoms with van der Waals surface area (Å²) < 4.78 is 6.08. The van der Waals surface area contributed by atoms with Crippen molar-refractivity contribution in [2.75, 3.05) is 11.9 Å². The molecule has 5 nitrogen and oxygen atoms in total. The van der Waals surface area contributed by atoms with E-state index in [0.717, 1.165) is 10.9 Å². The third kappa shape index (κ3) is 3.06. The first kappa shape index (κ1) is 14.8. The van der Waals surface area contributed by atoms with E-state index in [9.17, 15) is 9.59 Å². The van der Waals surface area contributed by atoms with Crippen LogP contribution >= 0.6 is 15.9 Å². The van der Waals surface area contributed by atoms with Gasteiger partial charge in [-0.25, -0.2) is 0 Å². The van der Waals surface area contributed by atoms with Gasteiger partial charge in [0.15, 0.2) is 5.76 Å². The van der Waals surface area contributed by atoms with Gasteiger partial charge in [0, 0.05) is 16.7 Å². The van der Waals surface area contributed by atoms with Crippen LogP contribution in [0.1, 0.15) is 23.4 Å². The fourth-order valence-electron chi connectivity index (χ4n) is 2.58. The van der Waals surface area contributed by atoms with Gasteiger partial charge in [0.05, 0.1) is 6.26 Å². The summed E-state index contributed by atoms with van der Waals surface area (Å²) in [5.41, 5.74) is 0.713. The fourth-order valence-corrected chi connectivity index (χ4v) is 2.85. The zero-order valence-electron chi connectivity index (χ0n) is 11.8. The van der Waals surface area contributed by atoms with E-state index in [1.807, 2.05) is 24.3 Å². The van der Waals surface area contributed by atoms with Gasteiger partial charge in [-0.05, 0) is 49.2 Å². The second-order valence-corrected chi connectivity index (χ2v) is 6.05. The quantitative estimate of drug-likeness (QED) is 0.910. The zero-order valence-corrected chi connectivity index (χ0v) is 13.4. The van der Waals surface area contributed by atoms with Gasteiger partial charge in [0.1, 0.15) is 6.04 Å². The summed E-state index contributed by atoms with van der Waals surface area (Å²) >= 11 is 3.35. The molecule has 0 radical (unpaired) electrons. The van der Waals surface area contributed by atoms with Crippen molar-refractivity contribution >= 4 is 33.4 Å². The van der Waals surface area contributed by atoms with Crippen LogP contribution in [0, 0.1) is 0 Å². The van der Waals surface area contributed by atoms with Crippen molar-refractivity contribution in [3.63, 3.8) is 0 Å². The van der Waals surface area contributed by atoms with Crippen LogP contribution < -0.4 is 5.32 Å². The molecule has 1 fully saturated rings. The molecule has 114 valence electrons. The molecule has 1 aliphatic heterocycles. The van der Waals surface area contributed by atoms with Crippen LogP contribution in [-0.2, 0) is 4.79 Å². The maximum atomic E-state index is 12.4. The Balaban J connectivity index is 1.71. The Hall–Kier alpha value is -2.08. The van der Waals surface area contributed by atoms with E-state index < -0.39 is 6.04 Å². The molecule has 3 rings (SSSR count). The third-order valence-electron chi connectivity index (χ3n) is 3.66. The van der Waals surface area contributed by atoms with Crippen molar-refractivity contribution in [1.82, 2.24) is 4.90 Å². The van der Waals surface area contributed by atoms with Gasteiger partial charge in [-0.3, -0.25) is 9.59 Å². The smallest absolute Gasteiger partial charge is 0.290 e. The normalized spacial score (nSPS) is 17.5. The second-order valence-electron chi connectivity index (χ2n) is 5.13. The number of benzene rings is 1. The summed E-state index contributed by atoms with van der Waals surface area (Å²) in [6.45, 7) is 0.567. The van der Waals surface area contributed by atoms with Crippen LogP contribution in [0.3, 0.4) is 0 Å². The molecule has 0 saturated carbocycles. The van der Waals surface area contributed by atoms with Crippen LogP contribution in [0.5, 0.6) is 0 Å². The fraction of sp³-hybridized carbons (Fsp3) is 0.250. The van der Waals surface area contributed by atoms with Crippen molar-refractivity contribution in [3.8, 4) is 0 Å². The number of hydrogen-bond acceptors (Lipinski definition) is 3. The first-order valence-electron chi connectivity index (χ1n) is 7.06. The van der Waals surface area contributed by atoms with Crippen LogP contribution in [0.4, 0.5) is 5.69 Å². The molecule has 22 heavy (non-hydrogen) atoms. The Bertz CT molecular complexity index is 667. The minimum absolute atomic E-state index is 0.167. The lowest BCUT2D eigenvalue weighted by Crippen LogP contribution is -2.43. The Labute approximate surface area is 136 Å². The second kappa shape index (κ2) is 6.36. The summed E-state index contributed by atoms with van der Waals surface area (Å²) in [4.78, 5) is 26.4. The van der Waals surface area contributed by atoms with Gasteiger partial charge in [-0.2, -0.15) is 0 Å². The predicted molar refractivity (Wildman–Crippen MR) is 85.5 cm³/mol. The number of hydrogen-bond donors (Lipinski definition) is 1. The monoisotopic (exact) mass is 362 g/mol. The van der Waals surface area contributed by atoms with Crippen LogP contribution in [0.25, 0.3) is 0 Å². The van der Waals surface area contributed by atoms with E-state index in [0.29, 0.717) is 18.7 Å². The number of nitrogens with one attached hydrogen (secondary N) is 1. The third-order valence-corrected chi connectivity index (χ3v) is 4.19. The van der Waals surface area contributed by atoms with Gasteiger partial charge in [0.25, 0.3) is 5.91 Å². The van der Waals surface area contributed by atoms with E-state index in [2.05, 4.69) is 21.2 Å². The molecular formula is C16H15BrN2O3. The van der Waals surface area contributed by atoms with E-state index in [-0.39, 0.29) is 17.6 Å².